The third kappa shape index (κ3) is 6.10. The van der Waals surface area contributed by atoms with Gasteiger partial charge >= 0.3 is 133 Å². The van der Waals surface area contributed by atoms with E-state index in [0.29, 0.717) is 0 Å². The third-order valence-corrected chi connectivity index (χ3v) is 11.2. The maximum absolute atomic E-state index is 2.58. The van der Waals surface area contributed by atoms with Gasteiger partial charge in [-0.1, -0.05) is 0 Å². The molecule has 116 valence electrons. The molecule has 2 rings (SSSR count). The Morgan fingerprint density at radius 2 is 1.05 bits per heavy atom. The minimum Gasteiger partial charge on any atom is -1.00 e. The van der Waals surface area contributed by atoms with Crippen molar-refractivity contribution in [3.05, 3.63) is 41.3 Å². The van der Waals surface area contributed by atoms with Gasteiger partial charge in [0.25, 0.3) is 0 Å². The summed E-state index contributed by atoms with van der Waals surface area (Å²) in [5.41, 5.74) is 0. The van der Waals surface area contributed by atoms with Gasteiger partial charge in [0, 0.05) is 0 Å². The average Bonchev–Trinajstić information content (AvgIpc) is 2.84. The fraction of sp³-hybridized carbons (Fsp3) is 0.500. The number of hydrogen-bond donors (Lipinski definition) is 0. The molecule has 5 heteroatoms. The minimum atomic E-state index is -1.08. The summed E-state index contributed by atoms with van der Waals surface area (Å²) in [7, 11) is -2.16. The predicted molar refractivity (Wildman–Crippen MR) is 88.3 cm³/mol. The van der Waals surface area contributed by atoms with E-state index in [1.807, 2.05) is 0 Å². The first-order valence-corrected chi connectivity index (χ1v) is 16.7. The number of rotatable bonds is 4. The molecule has 0 aliphatic heterocycles. The van der Waals surface area contributed by atoms with Crippen LogP contribution in [0, 0.1) is 0 Å². The van der Waals surface area contributed by atoms with Gasteiger partial charge in [0.1, 0.15) is 0 Å². The monoisotopic (exact) mass is 434 g/mol. The van der Waals surface area contributed by atoms with Crippen molar-refractivity contribution in [3.8, 4) is 0 Å². The summed E-state index contributed by atoms with van der Waals surface area (Å²) in [4.78, 5) is 0. The van der Waals surface area contributed by atoms with Gasteiger partial charge in [0.05, 0.1) is 0 Å². The van der Waals surface area contributed by atoms with E-state index in [1.165, 1.54) is 12.8 Å². The molecule has 0 aromatic heterocycles. The number of allylic oxidation sites excluding steroid dienone is 8. The Morgan fingerprint density at radius 1 is 0.714 bits per heavy atom. The van der Waals surface area contributed by atoms with Crippen molar-refractivity contribution in [2.75, 3.05) is 0 Å². The maximum atomic E-state index is 2.58. The fourth-order valence-electron chi connectivity index (χ4n) is 2.48. The zero-order chi connectivity index (χ0) is 14.3. The third-order valence-electron chi connectivity index (χ3n) is 3.80. The van der Waals surface area contributed by atoms with Gasteiger partial charge in [-0.2, -0.15) is 0 Å². The van der Waals surface area contributed by atoms with E-state index < -0.39 is 39.4 Å². The van der Waals surface area contributed by atoms with Crippen LogP contribution in [0.4, 0.5) is 0 Å². The standard InChI is InChI=1S/2C8H13Si.2ClH.Zr/c2*1-9(2,3)8-6-4-5-7-8;;;/h2*6-7H,4H2,1-3H3;2*1H;/q;;;;+2/p-2. The molecule has 0 fully saturated rings. The molecule has 2 aliphatic rings. The zero-order valence-corrected chi connectivity index (χ0v) is 19.9. The van der Waals surface area contributed by atoms with Crippen LogP contribution < -0.4 is 24.8 Å². The predicted octanol–water partition coefficient (Wildman–Crippen LogP) is -0.740. The summed E-state index contributed by atoms with van der Waals surface area (Å²) in [5, 5.41) is 3.39. The normalized spacial score (nSPS) is 17.8. The van der Waals surface area contributed by atoms with E-state index in [0.717, 1.165) is 0 Å². The molecule has 0 atom stereocenters. The van der Waals surface area contributed by atoms with Gasteiger partial charge in [-0.25, -0.2) is 0 Å². The van der Waals surface area contributed by atoms with Gasteiger partial charge in [-0.05, 0) is 0 Å². The molecule has 0 radical (unpaired) electrons. The van der Waals surface area contributed by atoms with Crippen LogP contribution >= 0.6 is 0 Å². The van der Waals surface area contributed by atoms with E-state index in [-0.39, 0.29) is 24.8 Å². The molecule has 0 heterocycles. The van der Waals surface area contributed by atoms with Crippen molar-refractivity contribution >= 4 is 16.1 Å². The molecule has 0 nitrogen and oxygen atoms in total. The smallest absolute Gasteiger partial charge is 1.00 e. The first kappa shape index (κ1) is 21.9. The van der Waals surface area contributed by atoms with Crippen molar-refractivity contribution in [2.24, 2.45) is 0 Å². The Bertz CT molecular complexity index is 457. The summed E-state index contributed by atoms with van der Waals surface area (Å²) in [6, 6.07) is 0. The topological polar surface area (TPSA) is 0 Å². The Labute approximate surface area is 156 Å². The van der Waals surface area contributed by atoms with Gasteiger partial charge in [0.15, 0.2) is 0 Å². The Balaban J connectivity index is 0.00000200. The summed E-state index contributed by atoms with van der Waals surface area (Å²) in [6.45, 7) is 14.8. The largest absolute Gasteiger partial charge is 1.00 e. The maximum Gasteiger partial charge on any atom is -1.00 e. The van der Waals surface area contributed by atoms with Gasteiger partial charge in [0.2, 0.25) is 0 Å². The molecule has 0 saturated heterocycles. The van der Waals surface area contributed by atoms with E-state index in [9.17, 15) is 0 Å². The van der Waals surface area contributed by atoms with Crippen molar-refractivity contribution in [1.82, 2.24) is 0 Å². The average molecular weight is 437 g/mol. The quantitative estimate of drug-likeness (QED) is 0.510. The van der Waals surface area contributed by atoms with Gasteiger partial charge in [-0.15, -0.1) is 0 Å². The Hall–Kier alpha value is 0.857. The zero-order valence-electron chi connectivity index (χ0n) is 14.0. The Morgan fingerprint density at radius 3 is 1.29 bits per heavy atom. The van der Waals surface area contributed by atoms with Crippen molar-refractivity contribution in [2.45, 2.75) is 52.1 Å². The summed E-state index contributed by atoms with van der Waals surface area (Å²) in [5.74, 6) is 0. The molecular formula is C16H26Cl2Si2Zr. The summed E-state index contributed by atoms with van der Waals surface area (Å²) < 4.78 is 3.61. The SMILES string of the molecule is C[Si](C)(C)C1=CC[C]([Zr+2][C]2=CC([Si](C)(C)C)=CC2)=C1.[Cl-].[Cl-]. The van der Waals surface area contributed by atoms with E-state index in [1.54, 1.807) is 17.0 Å². The Kier molecular flexibility index (Phi) is 8.43. The molecule has 0 unspecified atom stereocenters. The van der Waals surface area contributed by atoms with Crippen LogP contribution in [0.5, 0.6) is 0 Å². The first-order chi connectivity index (χ1) is 8.66. The van der Waals surface area contributed by atoms with E-state index >= 15 is 0 Å². The van der Waals surface area contributed by atoms with Crippen LogP contribution in [-0.4, -0.2) is 16.1 Å². The minimum absolute atomic E-state index is 0. The fourth-order valence-corrected chi connectivity index (χ4v) is 8.97. The second-order valence-corrected chi connectivity index (χ2v) is 21.6. The van der Waals surface area contributed by atoms with E-state index in [4.69, 9.17) is 0 Å². The molecule has 0 aromatic rings. The molecule has 0 N–H and O–H groups in total. The molecule has 0 amide bonds. The van der Waals surface area contributed by atoms with Crippen molar-refractivity contribution in [3.63, 3.8) is 0 Å². The van der Waals surface area contributed by atoms with E-state index in [2.05, 4.69) is 63.6 Å². The number of hydrogen-bond acceptors (Lipinski definition) is 0. The second kappa shape index (κ2) is 8.10. The van der Waals surface area contributed by atoms with Crippen LogP contribution in [-0.2, 0) is 23.2 Å². The number of halogens is 2. The van der Waals surface area contributed by atoms with Gasteiger partial charge < -0.3 is 24.8 Å². The second-order valence-electron chi connectivity index (χ2n) is 7.69. The summed E-state index contributed by atoms with van der Waals surface area (Å²) >= 11 is -0.457. The molecule has 0 bridgehead atoms. The van der Waals surface area contributed by atoms with Crippen LogP contribution in [0.3, 0.4) is 0 Å². The first-order valence-electron chi connectivity index (χ1n) is 7.26. The van der Waals surface area contributed by atoms with Gasteiger partial charge in [-0.3, -0.25) is 0 Å². The van der Waals surface area contributed by atoms with Crippen LogP contribution in [0.25, 0.3) is 0 Å². The molecule has 2 aliphatic carbocycles. The van der Waals surface area contributed by atoms with Crippen LogP contribution in [0.15, 0.2) is 41.3 Å². The molecular weight excluding hydrogens is 410 g/mol. The van der Waals surface area contributed by atoms with Crippen molar-refractivity contribution < 1.29 is 48.0 Å². The van der Waals surface area contributed by atoms with Crippen LogP contribution in [0.1, 0.15) is 12.8 Å². The molecule has 0 saturated carbocycles. The summed E-state index contributed by atoms with van der Waals surface area (Å²) in [6.07, 6.45) is 12.7. The molecule has 0 spiro atoms. The van der Waals surface area contributed by atoms with Crippen LogP contribution in [0.2, 0.25) is 39.3 Å². The van der Waals surface area contributed by atoms with Crippen molar-refractivity contribution in [1.29, 1.82) is 0 Å². The molecule has 21 heavy (non-hydrogen) atoms. The molecule has 0 aromatic carbocycles.